The third-order valence-corrected chi connectivity index (χ3v) is 6.02. The Morgan fingerprint density at radius 1 is 1.14 bits per heavy atom. The molecule has 0 amide bonds. The number of esters is 1. The average molecular weight is 459 g/mol. The van der Waals surface area contributed by atoms with Crippen molar-refractivity contribution in [2.24, 2.45) is 5.92 Å². The van der Waals surface area contributed by atoms with E-state index in [0.717, 1.165) is 10.0 Å². The van der Waals surface area contributed by atoms with Crippen LogP contribution in [-0.4, -0.2) is 41.1 Å². The Bertz CT molecular complexity index is 985. The molecule has 1 heterocycles. The zero-order chi connectivity index (χ0) is 20.8. The number of carbonyl (C=O) groups excluding carboxylic acids is 3. The van der Waals surface area contributed by atoms with Crippen LogP contribution in [0.1, 0.15) is 45.5 Å². The molecular formula is C22H19BrO6. The molecule has 1 fully saturated rings. The molecule has 4 rings (SSSR count). The van der Waals surface area contributed by atoms with Gasteiger partial charge >= 0.3 is 5.97 Å². The molecule has 1 aliphatic heterocycles. The summed E-state index contributed by atoms with van der Waals surface area (Å²) in [6, 6.07) is 13.8. The maximum atomic E-state index is 13.3. The molecule has 0 spiro atoms. The van der Waals surface area contributed by atoms with Gasteiger partial charge in [-0.15, -0.1) is 0 Å². The molecule has 2 aliphatic rings. The molecule has 2 aromatic carbocycles. The molecular weight excluding hydrogens is 440 g/mol. The quantitative estimate of drug-likeness (QED) is 0.709. The molecule has 2 aromatic rings. The molecule has 1 saturated heterocycles. The number of rotatable bonds is 3. The molecule has 4 atom stereocenters. The molecule has 6 nitrogen and oxygen atoms in total. The monoisotopic (exact) mass is 458 g/mol. The van der Waals surface area contributed by atoms with E-state index in [1.54, 1.807) is 43.3 Å². The second-order valence-electron chi connectivity index (χ2n) is 7.21. The minimum absolute atomic E-state index is 0.0528. The predicted octanol–water partition coefficient (Wildman–Crippen LogP) is 3.27. The summed E-state index contributed by atoms with van der Waals surface area (Å²) in [6.07, 6.45) is -1.45. The second-order valence-corrected chi connectivity index (χ2v) is 8.12. The summed E-state index contributed by atoms with van der Waals surface area (Å²) in [5, 5.41) is 11.0. The largest absolute Gasteiger partial charge is 0.462 e. The summed E-state index contributed by atoms with van der Waals surface area (Å²) in [5.74, 6) is -5.36. The van der Waals surface area contributed by atoms with Crippen molar-refractivity contribution in [1.29, 1.82) is 0 Å². The number of ether oxygens (including phenoxy) is 2. The van der Waals surface area contributed by atoms with Gasteiger partial charge < -0.3 is 14.6 Å². The highest BCUT2D eigenvalue weighted by Gasteiger charge is 2.58. The zero-order valence-corrected chi connectivity index (χ0v) is 17.2. The summed E-state index contributed by atoms with van der Waals surface area (Å²) in [4.78, 5) is 38.9. The van der Waals surface area contributed by atoms with Crippen LogP contribution in [-0.2, 0) is 14.3 Å². The maximum Gasteiger partial charge on any atom is 0.366 e. The second kappa shape index (κ2) is 7.48. The van der Waals surface area contributed by atoms with Gasteiger partial charge in [-0.25, -0.2) is 4.79 Å². The van der Waals surface area contributed by atoms with Gasteiger partial charge in [0, 0.05) is 27.9 Å². The van der Waals surface area contributed by atoms with Crippen LogP contribution in [0.3, 0.4) is 0 Å². The molecule has 29 heavy (non-hydrogen) atoms. The van der Waals surface area contributed by atoms with E-state index < -0.39 is 35.5 Å². The standard InChI is InChI=1S/C22H19BrO6/c1-2-28-21(26)22(27)11-16(12-7-9-13(23)10-8-12)17-18(24)14-5-3-4-6-15(14)19(25)20(17)29-22/h3-10,16-17,20,27H,2,11H2,1H3/t16-,17?,20?,22+/m1/s1. The topological polar surface area (TPSA) is 89.9 Å². The van der Waals surface area contributed by atoms with Gasteiger partial charge in [-0.3, -0.25) is 9.59 Å². The Labute approximate surface area is 175 Å². The highest BCUT2D eigenvalue weighted by molar-refractivity contribution is 9.10. The smallest absolute Gasteiger partial charge is 0.366 e. The number of carbonyl (C=O) groups is 3. The molecule has 1 N–H and O–H groups in total. The first-order valence-corrected chi connectivity index (χ1v) is 10.2. The van der Waals surface area contributed by atoms with Gasteiger partial charge in [0.05, 0.1) is 12.5 Å². The minimum Gasteiger partial charge on any atom is -0.462 e. The van der Waals surface area contributed by atoms with E-state index in [4.69, 9.17) is 9.47 Å². The van der Waals surface area contributed by atoms with Gasteiger partial charge in [0.1, 0.15) is 6.10 Å². The molecule has 0 saturated carbocycles. The molecule has 0 radical (unpaired) electrons. The van der Waals surface area contributed by atoms with Crippen molar-refractivity contribution in [3.8, 4) is 0 Å². The number of aliphatic hydroxyl groups is 1. The van der Waals surface area contributed by atoms with Crippen molar-refractivity contribution in [2.45, 2.75) is 31.2 Å². The summed E-state index contributed by atoms with van der Waals surface area (Å²) in [7, 11) is 0. The fourth-order valence-corrected chi connectivity index (χ4v) is 4.42. The van der Waals surface area contributed by atoms with Crippen LogP contribution in [0.25, 0.3) is 0 Å². The van der Waals surface area contributed by atoms with Crippen LogP contribution in [0.2, 0.25) is 0 Å². The maximum absolute atomic E-state index is 13.3. The fourth-order valence-electron chi connectivity index (χ4n) is 4.16. The lowest BCUT2D eigenvalue weighted by Gasteiger charge is -2.45. The van der Waals surface area contributed by atoms with Crippen molar-refractivity contribution in [2.75, 3.05) is 6.61 Å². The van der Waals surface area contributed by atoms with Gasteiger partial charge in [-0.05, 0) is 24.6 Å². The number of hydrogen-bond acceptors (Lipinski definition) is 6. The lowest BCUT2D eigenvalue weighted by molar-refractivity contribution is -0.260. The Hall–Kier alpha value is -2.35. The summed E-state index contributed by atoms with van der Waals surface area (Å²) in [5.41, 5.74) is 1.31. The van der Waals surface area contributed by atoms with E-state index in [2.05, 4.69) is 15.9 Å². The lowest BCUT2D eigenvalue weighted by atomic mass is 9.67. The van der Waals surface area contributed by atoms with Crippen molar-refractivity contribution in [1.82, 2.24) is 0 Å². The van der Waals surface area contributed by atoms with Crippen molar-refractivity contribution in [3.05, 3.63) is 69.7 Å². The van der Waals surface area contributed by atoms with Gasteiger partial charge in [-0.1, -0.05) is 52.3 Å². The van der Waals surface area contributed by atoms with Crippen LogP contribution < -0.4 is 0 Å². The summed E-state index contributed by atoms with van der Waals surface area (Å²) >= 11 is 3.38. The van der Waals surface area contributed by atoms with E-state index in [9.17, 15) is 19.5 Å². The number of hydrogen-bond donors (Lipinski definition) is 1. The third kappa shape index (κ3) is 3.33. The van der Waals surface area contributed by atoms with Crippen LogP contribution in [0.5, 0.6) is 0 Å². The molecule has 150 valence electrons. The third-order valence-electron chi connectivity index (χ3n) is 5.49. The van der Waals surface area contributed by atoms with Crippen LogP contribution in [0.15, 0.2) is 53.0 Å². The first-order chi connectivity index (χ1) is 13.9. The Morgan fingerprint density at radius 3 is 2.38 bits per heavy atom. The van der Waals surface area contributed by atoms with Gasteiger partial charge in [0.15, 0.2) is 11.6 Å². The Kier molecular flexibility index (Phi) is 5.14. The number of Topliss-reactive ketones (excluding diaryl/α,β-unsaturated/α-hetero) is 2. The summed E-state index contributed by atoms with van der Waals surface area (Å²) in [6.45, 7) is 1.67. The molecule has 1 aliphatic carbocycles. The van der Waals surface area contributed by atoms with Gasteiger partial charge in [-0.2, -0.15) is 0 Å². The van der Waals surface area contributed by atoms with E-state index in [0.29, 0.717) is 5.56 Å². The average Bonchev–Trinajstić information content (AvgIpc) is 2.72. The Balaban J connectivity index is 1.84. The van der Waals surface area contributed by atoms with Crippen LogP contribution in [0.4, 0.5) is 0 Å². The van der Waals surface area contributed by atoms with Crippen LogP contribution >= 0.6 is 15.9 Å². The van der Waals surface area contributed by atoms with E-state index >= 15 is 0 Å². The predicted molar refractivity (Wildman–Crippen MR) is 107 cm³/mol. The first-order valence-electron chi connectivity index (χ1n) is 9.36. The molecule has 0 aromatic heterocycles. The molecule has 0 bridgehead atoms. The highest BCUT2D eigenvalue weighted by Crippen LogP contribution is 2.47. The fraction of sp³-hybridized carbons (Fsp3) is 0.318. The molecule has 2 unspecified atom stereocenters. The van der Waals surface area contributed by atoms with E-state index in [1.165, 1.54) is 0 Å². The number of fused-ring (bicyclic) bond motifs is 2. The number of halogens is 1. The summed E-state index contributed by atoms with van der Waals surface area (Å²) < 4.78 is 11.4. The van der Waals surface area contributed by atoms with E-state index in [-0.39, 0.29) is 24.4 Å². The van der Waals surface area contributed by atoms with Gasteiger partial charge in [0.25, 0.3) is 5.79 Å². The normalized spacial score (nSPS) is 28.4. The van der Waals surface area contributed by atoms with Crippen molar-refractivity contribution < 1.29 is 29.0 Å². The Morgan fingerprint density at radius 2 is 1.76 bits per heavy atom. The van der Waals surface area contributed by atoms with Crippen LogP contribution in [0, 0.1) is 5.92 Å². The number of ketones is 2. The molecule has 7 heteroatoms. The first kappa shape index (κ1) is 19.9. The zero-order valence-electron chi connectivity index (χ0n) is 15.6. The van der Waals surface area contributed by atoms with E-state index in [1.807, 2.05) is 12.1 Å². The lowest BCUT2D eigenvalue weighted by Crippen LogP contribution is -2.59. The van der Waals surface area contributed by atoms with Crippen molar-refractivity contribution in [3.63, 3.8) is 0 Å². The minimum atomic E-state index is -2.31. The number of benzene rings is 2. The van der Waals surface area contributed by atoms with Crippen molar-refractivity contribution >= 4 is 33.5 Å². The SMILES string of the molecule is CCOC(=O)[C@]1(O)C[C@H](c2ccc(Br)cc2)C2C(=O)c3ccccc3C(=O)C2O1. The highest BCUT2D eigenvalue weighted by atomic mass is 79.9. The van der Waals surface area contributed by atoms with Gasteiger partial charge in [0.2, 0.25) is 0 Å².